The van der Waals surface area contributed by atoms with E-state index >= 15 is 0 Å². The quantitative estimate of drug-likeness (QED) is 0.910. The first-order valence-corrected chi connectivity index (χ1v) is 5.39. The Bertz CT molecular complexity index is 425. The Morgan fingerprint density at radius 2 is 2.20 bits per heavy atom. The third kappa shape index (κ3) is 3.20. The topological polar surface area (TPSA) is 59.3 Å². The van der Waals surface area contributed by atoms with Crippen LogP contribution in [0, 0.1) is 6.92 Å². The molecule has 82 valence electrons. The molecule has 0 atom stereocenters. The molecule has 0 aliphatic carbocycles. The van der Waals surface area contributed by atoms with Gasteiger partial charge in [-0.25, -0.2) is 0 Å². The maximum absolute atomic E-state index is 11.5. The Morgan fingerprint density at radius 3 is 2.80 bits per heavy atom. The molecule has 0 unspecified atom stereocenters. The van der Waals surface area contributed by atoms with Crippen molar-refractivity contribution in [3.05, 3.63) is 32.7 Å². The Hall–Kier alpha value is -1.10. The first kappa shape index (κ1) is 12.0. The first-order valence-electron chi connectivity index (χ1n) is 4.60. The molecule has 0 fully saturated rings. The lowest BCUT2D eigenvalue weighted by Crippen LogP contribution is -2.21. The minimum Gasteiger partial charge on any atom is -0.481 e. The summed E-state index contributed by atoms with van der Waals surface area (Å²) >= 11 is 3.33. The number of aliphatic carboxylic acids is 1. The Morgan fingerprint density at radius 1 is 1.53 bits per heavy atom. The molecule has 0 aromatic carbocycles. The fourth-order valence-electron chi connectivity index (χ4n) is 1.32. The van der Waals surface area contributed by atoms with Crippen molar-refractivity contribution in [1.82, 2.24) is 4.57 Å². The summed E-state index contributed by atoms with van der Waals surface area (Å²) < 4.78 is 2.44. The van der Waals surface area contributed by atoms with Gasteiger partial charge in [-0.2, -0.15) is 0 Å². The van der Waals surface area contributed by atoms with Crippen molar-refractivity contribution in [3.63, 3.8) is 0 Å². The van der Waals surface area contributed by atoms with E-state index in [-0.39, 0.29) is 12.0 Å². The van der Waals surface area contributed by atoms with E-state index in [4.69, 9.17) is 5.11 Å². The highest BCUT2D eigenvalue weighted by Gasteiger charge is 2.04. The van der Waals surface area contributed by atoms with Gasteiger partial charge in [-0.3, -0.25) is 9.59 Å². The second kappa shape index (κ2) is 5.11. The fraction of sp³-hybridized carbons (Fsp3) is 0.400. The van der Waals surface area contributed by atoms with Gasteiger partial charge < -0.3 is 9.67 Å². The fourth-order valence-corrected chi connectivity index (χ4v) is 1.66. The first-order chi connectivity index (χ1) is 7.02. The van der Waals surface area contributed by atoms with E-state index < -0.39 is 5.97 Å². The van der Waals surface area contributed by atoms with Crippen molar-refractivity contribution in [2.75, 3.05) is 0 Å². The van der Waals surface area contributed by atoms with Gasteiger partial charge in [0.15, 0.2) is 0 Å². The van der Waals surface area contributed by atoms with Crippen LogP contribution in [-0.4, -0.2) is 15.6 Å². The van der Waals surface area contributed by atoms with E-state index in [1.54, 1.807) is 10.6 Å². The standard InChI is InChI=1S/C10H12BrNO3/c1-7-8(11)4-5-9(13)12(7)6-2-3-10(14)15/h4-5H,2-3,6H2,1H3,(H,14,15). The molecule has 0 aliphatic rings. The predicted molar refractivity (Wildman–Crippen MR) is 60.0 cm³/mol. The van der Waals surface area contributed by atoms with Crippen molar-refractivity contribution in [2.45, 2.75) is 26.3 Å². The molecule has 1 aromatic rings. The van der Waals surface area contributed by atoms with Gasteiger partial charge in [0.1, 0.15) is 0 Å². The zero-order valence-electron chi connectivity index (χ0n) is 8.36. The molecule has 0 amide bonds. The lowest BCUT2D eigenvalue weighted by molar-refractivity contribution is -0.137. The van der Waals surface area contributed by atoms with Crippen LogP contribution < -0.4 is 5.56 Å². The van der Waals surface area contributed by atoms with Gasteiger partial charge in [-0.1, -0.05) is 0 Å². The van der Waals surface area contributed by atoms with Crippen molar-refractivity contribution in [1.29, 1.82) is 0 Å². The lowest BCUT2D eigenvalue weighted by atomic mass is 10.3. The van der Waals surface area contributed by atoms with Crippen molar-refractivity contribution >= 4 is 21.9 Å². The van der Waals surface area contributed by atoms with Gasteiger partial charge in [0.05, 0.1) is 0 Å². The molecule has 0 saturated heterocycles. The van der Waals surface area contributed by atoms with Gasteiger partial charge in [0, 0.05) is 29.2 Å². The SMILES string of the molecule is Cc1c(Br)ccc(=O)n1CCCC(=O)O. The molecule has 1 aromatic heterocycles. The van der Waals surface area contributed by atoms with Crippen LogP contribution in [0.5, 0.6) is 0 Å². The van der Waals surface area contributed by atoms with Crippen LogP contribution in [-0.2, 0) is 11.3 Å². The highest BCUT2D eigenvalue weighted by atomic mass is 79.9. The number of pyridine rings is 1. The minimum atomic E-state index is -0.837. The number of hydrogen-bond donors (Lipinski definition) is 1. The molecule has 0 aliphatic heterocycles. The van der Waals surface area contributed by atoms with E-state index in [0.717, 1.165) is 10.2 Å². The smallest absolute Gasteiger partial charge is 0.303 e. The maximum atomic E-state index is 11.5. The predicted octanol–water partition coefficient (Wildman–Crippen LogP) is 1.78. The second-order valence-corrected chi connectivity index (χ2v) is 4.11. The average Bonchev–Trinajstić information content (AvgIpc) is 2.17. The molecule has 1 N–H and O–H groups in total. The van der Waals surface area contributed by atoms with E-state index in [2.05, 4.69) is 15.9 Å². The summed E-state index contributed by atoms with van der Waals surface area (Å²) in [6.45, 7) is 2.27. The number of rotatable bonds is 4. The average molecular weight is 274 g/mol. The van der Waals surface area contributed by atoms with Crippen LogP contribution >= 0.6 is 15.9 Å². The zero-order chi connectivity index (χ0) is 11.4. The van der Waals surface area contributed by atoms with E-state index in [0.29, 0.717) is 13.0 Å². The minimum absolute atomic E-state index is 0.0817. The Balaban J connectivity index is 2.80. The van der Waals surface area contributed by atoms with E-state index in [9.17, 15) is 9.59 Å². The third-order valence-corrected chi connectivity index (χ3v) is 3.00. The monoisotopic (exact) mass is 273 g/mol. The molecular formula is C10H12BrNO3. The Labute approximate surface area is 95.7 Å². The number of carbonyl (C=O) groups is 1. The molecule has 4 nitrogen and oxygen atoms in total. The van der Waals surface area contributed by atoms with E-state index in [1.165, 1.54) is 6.07 Å². The number of carboxylic acids is 1. The van der Waals surface area contributed by atoms with Crippen molar-refractivity contribution in [2.24, 2.45) is 0 Å². The van der Waals surface area contributed by atoms with Crippen LogP contribution in [0.3, 0.4) is 0 Å². The highest BCUT2D eigenvalue weighted by molar-refractivity contribution is 9.10. The molecule has 1 rings (SSSR count). The molecule has 5 heteroatoms. The molecule has 15 heavy (non-hydrogen) atoms. The van der Waals surface area contributed by atoms with Gasteiger partial charge in [0.2, 0.25) is 0 Å². The van der Waals surface area contributed by atoms with Crippen LogP contribution in [0.25, 0.3) is 0 Å². The summed E-state index contributed by atoms with van der Waals surface area (Å²) in [5.41, 5.74) is 0.731. The van der Waals surface area contributed by atoms with Crippen molar-refractivity contribution in [3.8, 4) is 0 Å². The summed E-state index contributed by atoms with van der Waals surface area (Å²) in [6.07, 6.45) is 0.547. The normalized spacial score (nSPS) is 10.3. The summed E-state index contributed by atoms with van der Waals surface area (Å²) in [4.78, 5) is 21.8. The number of hydrogen-bond acceptors (Lipinski definition) is 2. The van der Waals surface area contributed by atoms with Crippen LogP contribution in [0.4, 0.5) is 0 Å². The lowest BCUT2D eigenvalue weighted by Gasteiger charge is -2.09. The Kier molecular flexibility index (Phi) is 4.08. The van der Waals surface area contributed by atoms with Gasteiger partial charge in [-0.05, 0) is 35.3 Å². The molecule has 0 spiro atoms. The number of aromatic nitrogens is 1. The molecule has 1 heterocycles. The number of halogens is 1. The molecule has 0 saturated carbocycles. The molecule has 0 bridgehead atoms. The molecule has 0 radical (unpaired) electrons. The van der Waals surface area contributed by atoms with Crippen molar-refractivity contribution < 1.29 is 9.90 Å². The highest BCUT2D eigenvalue weighted by Crippen LogP contribution is 2.13. The second-order valence-electron chi connectivity index (χ2n) is 3.25. The summed E-state index contributed by atoms with van der Waals surface area (Å²) in [5, 5.41) is 8.49. The molecular weight excluding hydrogens is 262 g/mol. The van der Waals surface area contributed by atoms with Crippen LogP contribution in [0.1, 0.15) is 18.5 Å². The zero-order valence-corrected chi connectivity index (χ0v) is 9.95. The summed E-state index contributed by atoms with van der Waals surface area (Å²) in [6, 6.07) is 3.17. The van der Waals surface area contributed by atoms with Crippen LogP contribution in [0.15, 0.2) is 21.4 Å². The van der Waals surface area contributed by atoms with Gasteiger partial charge in [0.25, 0.3) is 5.56 Å². The number of nitrogens with zero attached hydrogens (tertiary/aromatic N) is 1. The number of carboxylic acid groups (broad SMARTS) is 1. The maximum Gasteiger partial charge on any atom is 0.303 e. The summed E-state index contributed by atoms with van der Waals surface area (Å²) in [7, 11) is 0. The van der Waals surface area contributed by atoms with Gasteiger partial charge >= 0.3 is 5.97 Å². The largest absolute Gasteiger partial charge is 0.481 e. The van der Waals surface area contributed by atoms with Crippen LogP contribution in [0.2, 0.25) is 0 Å². The third-order valence-electron chi connectivity index (χ3n) is 2.16. The summed E-state index contributed by atoms with van der Waals surface area (Å²) in [5.74, 6) is -0.837. The van der Waals surface area contributed by atoms with E-state index in [1.807, 2.05) is 6.92 Å². The van der Waals surface area contributed by atoms with Gasteiger partial charge in [-0.15, -0.1) is 0 Å².